The van der Waals surface area contributed by atoms with Crippen LogP contribution in [0, 0.1) is 5.41 Å². The Hall–Kier alpha value is -2.25. The SMILES string of the molecule is CC(C)(CNC(=O)c1ccccc1OC(F)(F)F)C(=O)O. The predicted molar refractivity (Wildman–Crippen MR) is 66.9 cm³/mol. The fourth-order valence-corrected chi connectivity index (χ4v) is 1.34. The lowest BCUT2D eigenvalue weighted by Gasteiger charge is -2.20. The number of amides is 1. The summed E-state index contributed by atoms with van der Waals surface area (Å²) in [6.07, 6.45) is -4.92. The second-order valence-electron chi connectivity index (χ2n) is 4.92. The van der Waals surface area contributed by atoms with Gasteiger partial charge in [-0.25, -0.2) is 0 Å². The number of carboxylic acids is 1. The molecular formula is C13H14F3NO4. The topological polar surface area (TPSA) is 75.6 Å². The second kappa shape index (κ2) is 6.02. The molecule has 1 aromatic rings. The van der Waals surface area contributed by atoms with Crippen LogP contribution in [0.25, 0.3) is 0 Å². The molecule has 0 aliphatic rings. The van der Waals surface area contributed by atoms with Crippen LogP contribution >= 0.6 is 0 Å². The highest BCUT2D eigenvalue weighted by molar-refractivity contribution is 5.97. The van der Waals surface area contributed by atoms with E-state index < -0.39 is 29.4 Å². The predicted octanol–water partition coefficient (Wildman–Crippen LogP) is 2.43. The van der Waals surface area contributed by atoms with E-state index in [0.717, 1.165) is 12.1 Å². The lowest BCUT2D eigenvalue weighted by molar-refractivity contribution is -0.274. The maximum absolute atomic E-state index is 12.2. The van der Waals surface area contributed by atoms with E-state index in [1.165, 1.54) is 26.0 Å². The van der Waals surface area contributed by atoms with E-state index in [2.05, 4.69) is 10.1 Å². The Bertz CT molecular complexity index is 540. The number of alkyl halides is 3. The van der Waals surface area contributed by atoms with Gasteiger partial charge in [-0.1, -0.05) is 12.1 Å². The van der Waals surface area contributed by atoms with Gasteiger partial charge in [0.05, 0.1) is 11.0 Å². The van der Waals surface area contributed by atoms with Gasteiger partial charge in [-0.3, -0.25) is 9.59 Å². The van der Waals surface area contributed by atoms with Gasteiger partial charge in [0.2, 0.25) is 0 Å². The molecule has 0 radical (unpaired) electrons. The van der Waals surface area contributed by atoms with Crippen LogP contribution < -0.4 is 10.1 Å². The minimum atomic E-state index is -4.92. The van der Waals surface area contributed by atoms with Crippen molar-refractivity contribution in [2.24, 2.45) is 5.41 Å². The van der Waals surface area contributed by atoms with Crippen LogP contribution in [0.3, 0.4) is 0 Å². The molecule has 21 heavy (non-hydrogen) atoms. The first-order valence-corrected chi connectivity index (χ1v) is 5.89. The molecule has 8 heteroatoms. The van der Waals surface area contributed by atoms with Gasteiger partial charge in [-0.15, -0.1) is 13.2 Å². The Balaban J connectivity index is 2.86. The second-order valence-corrected chi connectivity index (χ2v) is 4.92. The number of hydrogen-bond acceptors (Lipinski definition) is 3. The van der Waals surface area contributed by atoms with E-state index in [0.29, 0.717) is 0 Å². The molecule has 0 atom stereocenters. The molecule has 116 valence electrons. The van der Waals surface area contributed by atoms with Crippen molar-refractivity contribution in [1.82, 2.24) is 5.32 Å². The van der Waals surface area contributed by atoms with E-state index in [1.54, 1.807) is 0 Å². The lowest BCUT2D eigenvalue weighted by Crippen LogP contribution is -2.39. The molecule has 0 saturated heterocycles. The summed E-state index contributed by atoms with van der Waals surface area (Å²) in [5.41, 5.74) is -1.56. The number of carboxylic acid groups (broad SMARTS) is 1. The van der Waals surface area contributed by atoms with Crippen LogP contribution in [-0.4, -0.2) is 29.9 Å². The van der Waals surface area contributed by atoms with Crippen LogP contribution in [0.5, 0.6) is 5.75 Å². The number of carbonyl (C=O) groups excluding carboxylic acids is 1. The Kier molecular flexibility index (Phi) is 4.82. The van der Waals surface area contributed by atoms with Crippen LogP contribution in [-0.2, 0) is 4.79 Å². The molecule has 0 aromatic heterocycles. The van der Waals surface area contributed by atoms with Crippen LogP contribution in [0.15, 0.2) is 24.3 Å². The maximum atomic E-state index is 12.2. The Labute approximate surface area is 118 Å². The highest BCUT2D eigenvalue weighted by Gasteiger charge is 2.33. The molecule has 1 aromatic carbocycles. The zero-order valence-corrected chi connectivity index (χ0v) is 11.3. The minimum absolute atomic E-state index is 0.235. The van der Waals surface area contributed by atoms with Crippen molar-refractivity contribution in [1.29, 1.82) is 0 Å². The minimum Gasteiger partial charge on any atom is -0.481 e. The van der Waals surface area contributed by atoms with Gasteiger partial charge >= 0.3 is 12.3 Å². The zero-order chi connectivity index (χ0) is 16.3. The molecule has 0 fully saturated rings. The summed E-state index contributed by atoms with van der Waals surface area (Å²) in [4.78, 5) is 22.8. The number of aliphatic carboxylic acids is 1. The molecule has 0 aliphatic heterocycles. The van der Waals surface area contributed by atoms with E-state index in [1.807, 2.05) is 0 Å². The van der Waals surface area contributed by atoms with Crippen molar-refractivity contribution in [3.63, 3.8) is 0 Å². The maximum Gasteiger partial charge on any atom is 0.573 e. The number of ether oxygens (including phenoxy) is 1. The quantitative estimate of drug-likeness (QED) is 0.876. The number of hydrogen-bond donors (Lipinski definition) is 2. The largest absolute Gasteiger partial charge is 0.573 e. The van der Waals surface area contributed by atoms with E-state index in [4.69, 9.17) is 5.11 Å². The highest BCUT2D eigenvalue weighted by Crippen LogP contribution is 2.26. The van der Waals surface area contributed by atoms with Crippen molar-refractivity contribution in [2.45, 2.75) is 20.2 Å². The van der Waals surface area contributed by atoms with Crippen molar-refractivity contribution >= 4 is 11.9 Å². The molecule has 1 rings (SSSR count). The molecule has 0 heterocycles. The van der Waals surface area contributed by atoms with Crippen molar-refractivity contribution in [3.05, 3.63) is 29.8 Å². The smallest absolute Gasteiger partial charge is 0.481 e. The molecule has 0 saturated carbocycles. The van der Waals surface area contributed by atoms with Gasteiger partial charge in [-0.2, -0.15) is 0 Å². The molecule has 0 bridgehead atoms. The van der Waals surface area contributed by atoms with Gasteiger partial charge in [0.15, 0.2) is 0 Å². The average molecular weight is 305 g/mol. The third-order valence-corrected chi connectivity index (χ3v) is 2.63. The number of benzene rings is 1. The molecule has 0 unspecified atom stereocenters. The summed E-state index contributed by atoms with van der Waals surface area (Å²) < 4.78 is 40.5. The van der Waals surface area contributed by atoms with E-state index in [9.17, 15) is 22.8 Å². The van der Waals surface area contributed by atoms with Crippen molar-refractivity contribution in [2.75, 3.05) is 6.54 Å². The Morgan fingerprint density at radius 2 is 1.81 bits per heavy atom. The molecule has 1 amide bonds. The molecule has 2 N–H and O–H groups in total. The fourth-order valence-electron chi connectivity index (χ4n) is 1.34. The third kappa shape index (κ3) is 4.97. The van der Waals surface area contributed by atoms with Gasteiger partial charge < -0.3 is 15.2 Å². The number of halogens is 3. The summed E-state index contributed by atoms with van der Waals surface area (Å²) in [5.74, 6) is -2.62. The number of carbonyl (C=O) groups is 2. The average Bonchev–Trinajstić information content (AvgIpc) is 2.34. The summed E-state index contributed by atoms with van der Waals surface area (Å²) >= 11 is 0. The molecule has 5 nitrogen and oxygen atoms in total. The first kappa shape index (κ1) is 16.8. The summed E-state index contributed by atoms with van der Waals surface area (Å²) in [6.45, 7) is 2.53. The van der Waals surface area contributed by atoms with E-state index in [-0.39, 0.29) is 12.1 Å². The van der Waals surface area contributed by atoms with Gasteiger partial charge in [0.25, 0.3) is 5.91 Å². The van der Waals surface area contributed by atoms with Gasteiger partial charge in [0.1, 0.15) is 5.75 Å². The Morgan fingerprint density at radius 3 is 2.33 bits per heavy atom. The number of para-hydroxylation sites is 1. The molecular weight excluding hydrogens is 291 g/mol. The van der Waals surface area contributed by atoms with Gasteiger partial charge in [-0.05, 0) is 26.0 Å². The van der Waals surface area contributed by atoms with Crippen LogP contribution in [0.2, 0.25) is 0 Å². The van der Waals surface area contributed by atoms with Crippen LogP contribution in [0.1, 0.15) is 24.2 Å². The standard InChI is InChI=1S/C13H14F3NO4/c1-12(2,11(19)20)7-17-10(18)8-5-3-4-6-9(8)21-13(14,15)16/h3-6H,7H2,1-2H3,(H,17,18)(H,19,20). The molecule has 0 spiro atoms. The summed E-state index contributed by atoms with van der Waals surface area (Å²) in [5, 5.41) is 11.2. The summed E-state index contributed by atoms with van der Waals surface area (Å²) in [6, 6.07) is 4.83. The monoisotopic (exact) mass is 305 g/mol. The highest BCUT2D eigenvalue weighted by atomic mass is 19.4. The number of nitrogens with one attached hydrogen (secondary N) is 1. The number of rotatable bonds is 5. The van der Waals surface area contributed by atoms with Crippen LogP contribution in [0.4, 0.5) is 13.2 Å². The summed E-state index contributed by atoms with van der Waals surface area (Å²) in [7, 11) is 0. The van der Waals surface area contributed by atoms with Gasteiger partial charge in [0, 0.05) is 6.54 Å². The van der Waals surface area contributed by atoms with Crippen molar-refractivity contribution in [3.8, 4) is 5.75 Å². The lowest BCUT2D eigenvalue weighted by atomic mass is 9.94. The zero-order valence-electron chi connectivity index (χ0n) is 11.3. The first-order chi connectivity index (χ1) is 9.53. The van der Waals surface area contributed by atoms with E-state index >= 15 is 0 Å². The normalized spacial score (nSPS) is 11.9. The van der Waals surface area contributed by atoms with Crippen molar-refractivity contribution < 1.29 is 32.6 Å². The fraction of sp³-hybridized carbons (Fsp3) is 0.385. The third-order valence-electron chi connectivity index (χ3n) is 2.63. The first-order valence-electron chi connectivity index (χ1n) is 5.89. The molecule has 0 aliphatic carbocycles. The Morgan fingerprint density at radius 1 is 1.24 bits per heavy atom.